The lowest BCUT2D eigenvalue weighted by atomic mass is 10.1. The number of nitrogens with zero attached hydrogens (tertiary/aromatic N) is 2. The molecule has 2 N–H and O–H groups in total. The first-order chi connectivity index (χ1) is 12.4. The van der Waals surface area contributed by atoms with Crippen LogP contribution in [0.25, 0.3) is 11.4 Å². The molecule has 0 unspecified atom stereocenters. The Kier molecular flexibility index (Phi) is 6.63. The van der Waals surface area contributed by atoms with Crippen molar-refractivity contribution in [1.29, 1.82) is 0 Å². The lowest BCUT2D eigenvalue weighted by Gasteiger charge is -2.17. The highest BCUT2D eigenvalue weighted by molar-refractivity contribution is 5.76. The summed E-state index contributed by atoms with van der Waals surface area (Å²) in [5, 5.41) is 12.0. The maximum atomic E-state index is 13.2. The number of hydrogen-bond acceptors (Lipinski definition) is 4. The van der Waals surface area contributed by atoms with Crippen LogP contribution in [0, 0.1) is 12.7 Å². The van der Waals surface area contributed by atoms with Gasteiger partial charge in [0.05, 0.1) is 0 Å². The van der Waals surface area contributed by atoms with Crippen molar-refractivity contribution in [2.75, 3.05) is 6.61 Å². The lowest BCUT2D eigenvalue weighted by Crippen LogP contribution is -2.39. The minimum atomic E-state index is -0.397. The summed E-state index contributed by atoms with van der Waals surface area (Å²) in [4.78, 5) is 29.7. The van der Waals surface area contributed by atoms with Crippen LogP contribution in [0.3, 0.4) is 0 Å². The van der Waals surface area contributed by atoms with Gasteiger partial charge in [0.1, 0.15) is 18.2 Å². The maximum absolute atomic E-state index is 13.2. The first-order valence-corrected chi connectivity index (χ1v) is 8.63. The van der Waals surface area contributed by atoms with Gasteiger partial charge in [0.25, 0.3) is 5.56 Å². The third-order valence-electron chi connectivity index (χ3n) is 4.26. The number of aromatic nitrogens is 2. The summed E-state index contributed by atoms with van der Waals surface area (Å²) in [6.07, 6.45) is 0.932. The van der Waals surface area contributed by atoms with Crippen molar-refractivity contribution in [3.63, 3.8) is 0 Å². The molecule has 1 atom stereocenters. The minimum absolute atomic E-state index is 0.0113. The van der Waals surface area contributed by atoms with Gasteiger partial charge in [0.15, 0.2) is 0 Å². The number of amides is 1. The van der Waals surface area contributed by atoms with Crippen molar-refractivity contribution in [3.05, 3.63) is 51.7 Å². The zero-order chi connectivity index (χ0) is 19.3. The Morgan fingerprint density at radius 3 is 2.58 bits per heavy atom. The van der Waals surface area contributed by atoms with Crippen LogP contribution in [0.15, 0.2) is 29.1 Å². The Morgan fingerprint density at radius 2 is 2.00 bits per heavy atom. The molecular weight excluding hydrogens is 337 g/mol. The molecule has 1 heterocycles. The van der Waals surface area contributed by atoms with Gasteiger partial charge in [0.2, 0.25) is 5.91 Å². The maximum Gasteiger partial charge on any atom is 0.257 e. The van der Waals surface area contributed by atoms with Crippen LogP contribution in [-0.4, -0.2) is 33.2 Å². The number of aliphatic hydroxyl groups excluding tert-OH is 1. The van der Waals surface area contributed by atoms with Crippen molar-refractivity contribution in [2.24, 2.45) is 0 Å². The molecule has 140 valence electrons. The number of nitrogens with one attached hydrogen (secondary N) is 1. The van der Waals surface area contributed by atoms with Gasteiger partial charge >= 0.3 is 0 Å². The minimum Gasteiger partial charge on any atom is -0.396 e. The highest BCUT2D eigenvalue weighted by atomic mass is 19.1. The van der Waals surface area contributed by atoms with Crippen LogP contribution in [0.2, 0.25) is 0 Å². The van der Waals surface area contributed by atoms with E-state index in [9.17, 15) is 19.1 Å². The molecule has 0 fully saturated rings. The predicted octanol–water partition coefficient (Wildman–Crippen LogP) is 1.81. The van der Waals surface area contributed by atoms with Crippen LogP contribution in [0.5, 0.6) is 0 Å². The predicted molar refractivity (Wildman–Crippen MR) is 97.3 cm³/mol. The van der Waals surface area contributed by atoms with E-state index in [1.54, 1.807) is 6.92 Å². The van der Waals surface area contributed by atoms with E-state index in [4.69, 9.17) is 0 Å². The lowest BCUT2D eigenvalue weighted by molar-refractivity contribution is -0.122. The average molecular weight is 361 g/mol. The third kappa shape index (κ3) is 4.54. The molecule has 0 radical (unpaired) electrons. The Labute approximate surface area is 151 Å². The Hall–Kier alpha value is -2.54. The van der Waals surface area contributed by atoms with Crippen LogP contribution in [0.1, 0.15) is 31.5 Å². The number of carbonyl (C=O) groups is 1. The number of hydrogen-bond donors (Lipinski definition) is 2. The van der Waals surface area contributed by atoms with E-state index in [1.165, 1.54) is 28.8 Å². The van der Waals surface area contributed by atoms with Gasteiger partial charge in [-0.2, -0.15) is 0 Å². The summed E-state index contributed by atoms with van der Waals surface area (Å²) in [6.45, 7) is 5.14. The van der Waals surface area contributed by atoms with Crippen LogP contribution in [-0.2, 0) is 17.8 Å². The monoisotopic (exact) mass is 361 g/mol. The van der Waals surface area contributed by atoms with E-state index in [2.05, 4.69) is 10.3 Å². The van der Waals surface area contributed by atoms with Crippen molar-refractivity contribution < 1.29 is 14.3 Å². The molecule has 0 spiro atoms. The summed E-state index contributed by atoms with van der Waals surface area (Å²) in [5.74, 6) is -0.398. The molecule has 2 rings (SSSR count). The Balaban J connectivity index is 2.53. The van der Waals surface area contributed by atoms with Crippen LogP contribution in [0.4, 0.5) is 4.39 Å². The van der Waals surface area contributed by atoms with Gasteiger partial charge in [-0.05, 0) is 44.5 Å². The second-order valence-corrected chi connectivity index (χ2v) is 6.25. The molecule has 0 saturated carbocycles. The van der Waals surface area contributed by atoms with Crippen molar-refractivity contribution in [2.45, 2.75) is 46.2 Å². The molecule has 1 aromatic heterocycles. The van der Waals surface area contributed by atoms with Gasteiger partial charge in [-0.1, -0.05) is 6.92 Å². The first-order valence-electron chi connectivity index (χ1n) is 8.63. The van der Waals surface area contributed by atoms with Gasteiger partial charge in [-0.25, -0.2) is 9.37 Å². The standard InChI is InChI=1S/C19H24FN3O3/c1-4-12(2)21-17(25)11-23-18(14-5-7-15(20)8-6-14)22-13(3)16(9-10-24)19(23)26/h5-8,12,24H,4,9-11H2,1-3H3,(H,21,25)/t12-/m0/s1. The van der Waals surface area contributed by atoms with Crippen molar-refractivity contribution in [1.82, 2.24) is 14.9 Å². The Morgan fingerprint density at radius 1 is 1.35 bits per heavy atom. The first kappa shape index (κ1) is 19.8. The van der Waals surface area contributed by atoms with Gasteiger partial charge in [-0.3, -0.25) is 14.2 Å². The summed E-state index contributed by atoms with van der Waals surface area (Å²) >= 11 is 0. The van der Waals surface area contributed by atoms with Crippen molar-refractivity contribution >= 4 is 5.91 Å². The summed E-state index contributed by atoms with van der Waals surface area (Å²) in [5.41, 5.74) is 1.03. The Bertz CT molecular complexity index is 831. The number of aryl methyl sites for hydroxylation is 1. The highest BCUT2D eigenvalue weighted by Gasteiger charge is 2.18. The fraction of sp³-hybridized carbons (Fsp3) is 0.421. The number of rotatable bonds is 7. The van der Waals surface area contributed by atoms with E-state index in [0.29, 0.717) is 22.6 Å². The SMILES string of the molecule is CC[C@H](C)NC(=O)Cn1c(-c2ccc(F)cc2)nc(C)c(CCO)c1=O. The van der Waals surface area contributed by atoms with E-state index in [1.807, 2.05) is 13.8 Å². The van der Waals surface area contributed by atoms with E-state index in [0.717, 1.165) is 6.42 Å². The average Bonchev–Trinajstić information content (AvgIpc) is 2.61. The number of aliphatic hydroxyl groups is 1. The third-order valence-corrected chi connectivity index (χ3v) is 4.26. The molecule has 2 aromatic rings. The fourth-order valence-electron chi connectivity index (χ4n) is 2.63. The molecule has 0 saturated heterocycles. The molecular formula is C19H24FN3O3. The molecule has 0 aliphatic rings. The van der Waals surface area contributed by atoms with Crippen LogP contribution < -0.4 is 10.9 Å². The molecule has 6 nitrogen and oxygen atoms in total. The van der Waals surface area contributed by atoms with Crippen LogP contribution >= 0.6 is 0 Å². The molecule has 1 amide bonds. The number of benzene rings is 1. The number of carbonyl (C=O) groups excluding carboxylic acids is 1. The van der Waals surface area contributed by atoms with Gasteiger partial charge in [-0.15, -0.1) is 0 Å². The number of halogens is 1. The summed E-state index contributed by atoms with van der Waals surface area (Å²) < 4.78 is 14.5. The topological polar surface area (TPSA) is 84.2 Å². The fourth-order valence-corrected chi connectivity index (χ4v) is 2.63. The summed E-state index contributed by atoms with van der Waals surface area (Å²) in [7, 11) is 0. The zero-order valence-electron chi connectivity index (χ0n) is 15.3. The normalized spacial score (nSPS) is 12.0. The molecule has 26 heavy (non-hydrogen) atoms. The van der Waals surface area contributed by atoms with E-state index >= 15 is 0 Å². The highest BCUT2D eigenvalue weighted by Crippen LogP contribution is 2.18. The quantitative estimate of drug-likeness (QED) is 0.788. The van der Waals surface area contributed by atoms with E-state index < -0.39 is 5.82 Å². The summed E-state index contributed by atoms with van der Waals surface area (Å²) in [6, 6.07) is 5.59. The smallest absolute Gasteiger partial charge is 0.257 e. The molecule has 0 aliphatic carbocycles. The second-order valence-electron chi connectivity index (χ2n) is 6.25. The van der Waals surface area contributed by atoms with Crippen molar-refractivity contribution in [3.8, 4) is 11.4 Å². The van der Waals surface area contributed by atoms with E-state index in [-0.39, 0.29) is 37.1 Å². The zero-order valence-corrected chi connectivity index (χ0v) is 15.3. The molecule has 7 heteroatoms. The molecule has 0 aliphatic heterocycles. The molecule has 0 bridgehead atoms. The van der Waals surface area contributed by atoms with Gasteiger partial charge in [0, 0.05) is 35.9 Å². The molecule has 1 aromatic carbocycles. The van der Waals surface area contributed by atoms with Gasteiger partial charge < -0.3 is 10.4 Å². The largest absolute Gasteiger partial charge is 0.396 e. The second kappa shape index (κ2) is 8.71.